The van der Waals surface area contributed by atoms with E-state index < -0.39 is 0 Å². The van der Waals surface area contributed by atoms with E-state index in [-0.39, 0.29) is 36.3 Å². The zero-order valence-electron chi connectivity index (χ0n) is 28.4. The van der Waals surface area contributed by atoms with Crippen LogP contribution in [0.5, 0.6) is 11.5 Å². The first-order valence-corrected chi connectivity index (χ1v) is 16.9. The first-order chi connectivity index (χ1) is 23.1. The van der Waals surface area contributed by atoms with E-state index in [0.29, 0.717) is 42.1 Å². The molecule has 1 saturated heterocycles. The van der Waals surface area contributed by atoms with Gasteiger partial charge in [0.15, 0.2) is 0 Å². The predicted octanol–water partition coefficient (Wildman–Crippen LogP) is 6.08. The molecule has 1 aromatic heterocycles. The molecule has 5 rings (SSSR count). The number of aliphatic imine (C=N–C) groups is 1. The lowest BCUT2D eigenvalue weighted by Crippen LogP contribution is -2.42. The van der Waals surface area contributed by atoms with Gasteiger partial charge in [0, 0.05) is 43.0 Å². The van der Waals surface area contributed by atoms with Crippen molar-refractivity contribution in [1.82, 2.24) is 14.8 Å². The second kappa shape index (κ2) is 16.1. The van der Waals surface area contributed by atoms with Gasteiger partial charge in [0.1, 0.15) is 35.5 Å². The summed E-state index contributed by atoms with van der Waals surface area (Å²) in [6, 6.07) is 19.5. The lowest BCUT2D eigenvalue weighted by molar-refractivity contribution is 0.171. The van der Waals surface area contributed by atoms with Gasteiger partial charge in [-0.15, -0.1) is 0 Å². The summed E-state index contributed by atoms with van der Waals surface area (Å²) >= 11 is 0. The van der Waals surface area contributed by atoms with Gasteiger partial charge >= 0.3 is 0 Å². The standard InChI is InChI=1S/C37H50N8O3/c1-37(2,3)33(38)23-35(43-26-10-9-11-27(22-26)47-21-20-46)42-25-41-31-15-16-32(30-13-6-5-12-29(30)31)48-28-14-17-34(39)45(24-28)36(40)44-18-7-4-8-19-44/h5-6,9-14,17,22,24,31-32,38-41,46H,4,7-8,15-16,18-21,23,25H2,1-3H3,(H,42,43). The molecule has 2 aliphatic rings. The molecule has 11 heteroatoms. The first-order valence-electron chi connectivity index (χ1n) is 16.9. The number of amidine groups is 1. The Bertz CT molecular complexity index is 1650. The quantitative estimate of drug-likeness (QED) is 0.109. The van der Waals surface area contributed by atoms with Gasteiger partial charge in [0.2, 0.25) is 5.96 Å². The number of piperidine rings is 1. The molecule has 1 fully saturated rings. The maximum atomic E-state index is 9.13. The fourth-order valence-electron chi connectivity index (χ4n) is 6.05. The van der Waals surface area contributed by atoms with Crippen molar-refractivity contribution in [2.75, 3.05) is 38.3 Å². The highest BCUT2D eigenvalue weighted by Gasteiger charge is 2.28. The number of anilines is 1. The number of likely N-dealkylation sites (tertiary alicyclic amines) is 1. The Hall–Kier alpha value is -4.48. The fraction of sp³-hybridized carbons (Fsp3) is 0.459. The van der Waals surface area contributed by atoms with E-state index in [4.69, 9.17) is 35.8 Å². The van der Waals surface area contributed by atoms with E-state index in [9.17, 15) is 0 Å². The van der Waals surface area contributed by atoms with Crippen LogP contribution in [0.2, 0.25) is 0 Å². The Morgan fingerprint density at radius 3 is 2.48 bits per heavy atom. The van der Waals surface area contributed by atoms with E-state index in [1.165, 1.54) is 12.0 Å². The molecule has 2 unspecified atom stereocenters. The Labute approximate surface area is 283 Å². The van der Waals surface area contributed by atoms with E-state index in [1.807, 2.05) is 68.1 Å². The summed E-state index contributed by atoms with van der Waals surface area (Å²) in [5, 5.41) is 42.0. The molecule has 48 heavy (non-hydrogen) atoms. The first kappa shape index (κ1) is 34.8. The molecule has 2 heterocycles. The third kappa shape index (κ3) is 9.11. The lowest BCUT2D eigenvalue weighted by atomic mass is 9.85. The van der Waals surface area contributed by atoms with Crippen molar-refractivity contribution >= 4 is 23.2 Å². The number of aliphatic hydroxyl groups excluding tert-OH is 1. The van der Waals surface area contributed by atoms with Crippen molar-refractivity contribution in [3.05, 3.63) is 83.5 Å². The average Bonchev–Trinajstić information content (AvgIpc) is 3.08. The molecule has 256 valence electrons. The van der Waals surface area contributed by atoms with Crippen LogP contribution in [-0.2, 0) is 0 Å². The molecule has 11 nitrogen and oxygen atoms in total. The van der Waals surface area contributed by atoms with Crippen molar-refractivity contribution in [1.29, 1.82) is 16.2 Å². The van der Waals surface area contributed by atoms with Crippen LogP contribution < -0.4 is 25.6 Å². The van der Waals surface area contributed by atoms with Crippen LogP contribution in [0.15, 0.2) is 71.9 Å². The van der Waals surface area contributed by atoms with Crippen LogP contribution >= 0.6 is 0 Å². The van der Waals surface area contributed by atoms with Crippen LogP contribution in [0.25, 0.3) is 0 Å². The third-order valence-electron chi connectivity index (χ3n) is 8.86. The number of aromatic nitrogens is 1. The summed E-state index contributed by atoms with van der Waals surface area (Å²) in [6.45, 7) is 8.32. The number of benzene rings is 2. The Morgan fingerprint density at radius 1 is 0.958 bits per heavy atom. The molecule has 1 aliphatic heterocycles. The number of ether oxygens (including phenoxy) is 2. The number of rotatable bonds is 11. The van der Waals surface area contributed by atoms with Crippen molar-refractivity contribution in [2.24, 2.45) is 10.4 Å². The zero-order valence-corrected chi connectivity index (χ0v) is 28.4. The smallest absolute Gasteiger partial charge is 0.203 e. The van der Waals surface area contributed by atoms with Gasteiger partial charge in [-0.2, -0.15) is 0 Å². The van der Waals surface area contributed by atoms with E-state index in [1.54, 1.807) is 16.8 Å². The highest BCUT2D eigenvalue weighted by molar-refractivity contribution is 6.09. The van der Waals surface area contributed by atoms with Crippen molar-refractivity contribution in [3.63, 3.8) is 0 Å². The molecule has 3 aromatic rings. The minimum Gasteiger partial charge on any atom is -0.491 e. The van der Waals surface area contributed by atoms with Crippen molar-refractivity contribution in [3.8, 4) is 11.5 Å². The maximum Gasteiger partial charge on any atom is 0.203 e. The topological polar surface area (TPSA) is 155 Å². The zero-order chi connectivity index (χ0) is 34.1. The highest BCUT2D eigenvalue weighted by Crippen LogP contribution is 2.38. The van der Waals surface area contributed by atoms with E-state index in [2.05, 4.69) is 22.8 Å². The summed E-state index contributed by atoms with van der Waals surface area (Å²) in [6.07, 6.45) is 6.98. The molecule has 0 spiro atoms. The van der Waals surface area contributed by atoms with E-state index in [0.717, 1.165) is 50.0 Å². The molecule has 6 N–H and O–H groups in total. The van der Waals surface area contributed by atoms with Crippen molar-refractivity contribution in [2.45, 2.75) is 71.4 Å². The van der Waals surface area contributed by atoms with Gasteiger partial charge in [-0.1, -0.05) is 51.1 Å². The number of pyridine rings is 1. The van der Waals surface area contributed by atoms with Gasteiger partial charge in [-0.05, 0) is 72.9 Å². The summed E-state index contributed by atoms with van der Waals surface area (Å²) in [4.78, 5) is 6.93. The molecule has 2 aromatic carbocycles. The number of fused-ring (bicyclic) bond motifs is 1. The van der Waals surface area contributed by atoms with E-state index >= 15 is 0 Å². The third-order valence-corrected chi connectivity index (χ3v) is 8.86. The predicted molar refractivity (Wildman–Crippen MR) is 191 cm³/mol. The molecule has 0 saturated carbocycles. The lowest BCUT2D eigenvalue weighted by Gasteiger charge is -2.33. The molecule has 0 amide bonds. The van der Waals surface area contributed by atoms with Crippen LogP contribution in [0.4, 0.5) is 5.69 Å². The SMILES string of the molecule is CC(C)(C)C(=N)CC(=NCNC1CCC(Oc2ccc(=N)n(C(=N)N3CCCCC3)c2)c2ccccc21)Nc1cccc(OCCO)c1. The second-order valence-electron chi connectivity index (χ2n) is 13.5. The van der Waals surface area contributed by atoms with Gasteiger partial charge in [0.25, 0.3) is 0 Å². The van der Waals surface area contributed by atoms with Crippen LogP contribution in [0.1, 0.15) is 82.6 Å². The second-order valence-corrected chi connectivity index (χ2v) is 13.5. The van der Waals surface area contributed by atoms with Gasteiger partial charge in [-0.25, -0.2) is 0 Å². The van der Waals surface area contributed by atoms with Gasteiger partial charge < -0.3 is 30.2 Å². The molecule has 0 bridgehead atoms. The summed E-state index contributed by atoms with van der Waals surface area (Å²) < 4.78 is 13.7. The monoisotopic (exact) mass is 654 g/mol. The molecular formula is C37H50N8O3. The Morgan fingerprint density at radius 2 is 1.73 bits per heavy atom. The highest BCUT2D eigenvalue weighted by atomic mass is 16.5. The molecule has 1 aliphatic carbocycles. The minimum atomic E-state index is -0.284. The average molecular weight is 655 g/mol. The molecule has 2 atom stereocenters. The summed E-state index contributed by atoms with van der Waals surface area (Å²) in [5.74, 6) is 2.31. The molecule has 0 radical (unpaired) electrons. The summed E-state index contributed by atoms with van der Waals surface area (Å²) in [5.41, 5.74) is 3.65. The number of aliphatic hydroxyl groups is 1. The number of nitrogens with zero attached hydrogens (tertiary/aromatic N) is 3. The van der Waals surface area contributed by atoms with Crippen LogP contribution in [0.3, 0.4) is 0 Å². The minimum absolute atomic E-state index is 0.0561. The molecular weight excluding hydrogens is 604 g/mol. The summed E-state index contributed by atoms with van der Waals surface area (Å²) in [7, 11) is 0. The van der Waals surface area contributed by atoms with Gasteiger partial charge in [-0.3, -0.25) is 25.7 Å². The van der Waals surface area contributed by atoms with Crippen molar-refractivity contribution < 1.29 is 14.6 Å². The number of hydrogen-bond acceptors (Lipinski definition) is 8. The van der Waals surface area contributed by atoms with Gasteiger partial charge in [0.05, 0.1) is 19.5 Å². The fourth-order valence-corrected chi connectivity index (χ4v) is 6.05. The largest absolute Gasteiger partial charge is 0.491 e. The number of hydrogen-bond donors (Lipinski definition) is 6. The maximum absolute atomic E-state index is 9.13. The van der Waals surface area contributed by atoms with Crippen LogP contribution in [0, 0.1) is 21.6 Å². The Kier molecular flexibility index (Phi) is 11.7. The number of nitrogens with one attached hydrogen (secondary N) is 5. The Balaban J connectivity index is 1.28. The van der Waals surface area contributed by atoms with Crippen LogP contribution in [-0.4, -0.2) is 65.1 Å². The normalized spacial score (nSPS) is 18.2.